The van der Waals surface area contributed by atoms with Gasteiger partial charge in [-0.3, -0.25) is 10.1 Å². The number of rotatable bonds is 4. The van der Waals surface area contributed by atoms with Crippen LogP contribution in [0.1, 0.15) is 31.2 Å². The van der Waals surface area contributed by atoms with E-state index in [1.165, 1.54) is 25.1 Å². The number of aliphatic hydroxyl groups excluding tert-OH is 1. The van der Waals surface area contributed by atoms with Crippen molar-refractivity contribution in [1.29, 1.82) is 0 Å². The smallest absolute Gasteiger partial charge is 0.273 e. The summed E-state index contributed by atoms with van der Waals surface area (Å²) in [5.74, 6) is 0. The Bertz CT molecular complexity index is 644. The fraction of sp³-hybridized carbons (Fsp3) is 0.538. The summed E-state index contributed by atoms with van der Waals surface area (Å²) in [6.07, 6.45) is 2.12. The summed E-state index contributed by atoms with van der Waals surface area (Å²) in [6.45, 7) is 1.41. The van der Waals surface area contributed by atoms with Crippen molar-refractivity contribution in [2.24, 2.45) is 0 Å². The Morgan fingerprint density at radius 3 is 2.62 bits per heavy atom. The number of benzene rings is 1. The molecule has 0 spiro atoms. The monoisotopic (exact) mass is 314 g/mol. The molecule has 0 bridgehead atoms. The van der Waals surface area contributed by atoms with Crippen LogP contribution in [-0.2, 0) is 10.0 Å². The first-order valence-corrected chi connectivity index (χ1v) is 8.25. The molecule has 7 nitrogen and oxygen atoms in total. The van der Waals surface area contributed by atoms with Gasteiger partial charge in [0, 0.05) is 17.7 Å². The van der Waals surface area contributed by atoms with Crippen LogP contribution in [0.25, 0.3) is 0 Å². The number of nitro benzene ring substituents is 1. The van der Waals surface area contributed by atoms with E-state index in [0.717, 1.165) is 12.8 Å². The van der Waals surface area contributed by atoms with Gasteiger partial charge in [-0.2, -0.15) is 0 Å². The maximum Gasteiger partial charge on any atom is 0.273 e. The van der Waals surface area contributed by atoms with Gasteiger partial charge in [0.25, 0.3) is 5.69 Å². The van der Waals surface area contributed by atoms with Crippen molar-refractivity contribution < 1.29 is 18.4 Å². The fourth-order valence-corrected chi connectivity index (χ4v) is 4.17. The first-order valence-electron chi connectivity index (χ1n) is 6.77. The van der Waals surface area contributed by atoms with E-state index in [2.05, 4.69) is 4.72 Å². The molecule has 0 aliphatic heterocycles. The van der Waals surface area contributed by atoms with E-state index in [4.69, 9.17) is 0 Å². The number of sulfonamides is 1. The molecule has 0 saturated heterocycles. The summed E-state index contributed by atoms with van der Waals surface area (Å²) < 4.78 is 27.3. The van der Waals surface area contributed by atoms with Crippen LogP contribution in [0.5, 0.6) is 0 Å². The number of nitrogens with zero attached hydrogens (tertiary/aromatic N) is 1. The molecular formula is C13H18N2O5S. The van der Waals surface area contributed by atoms with E-state index in [0.29, 0.717) is 12.8 Å². The van der Waals surface area contributed by atoms with Crippen LogP contribution in [0, 0.1) is 17.0 Å². The van der Waals surface area contributed by atoms with Crippen molar-refractivity contribution in [3.63, 3.8) is 0 Å². The molecule has 2 atom stereocenters. The SMILES string of the molecule is Cc1c([N+](=O)[O-])cccc1S(=O)(=O)NC1CCCCC1O. The Morgan fingerprint density at radius 2 is 2.00 bits per heavy atom. The van der Waals surface area contributed by atoms with Crippen LogP contribution in [0.3, 0.4) is 0 Å². The summed E-state index contributed by atoms with van der Waals surface area (Å²) in [6, 6.07) is 3.41. The van der Waals surface area contributed by atoms with Crippen molar-refractivity contribution >= 4 is 15.7 Å². The molecule has 2 N–H and O–H groups in total. The number of aliphatic hydroxyl groups is 1. The fourth-order valence-electron chi connectivity index (χ4n) is 2.60. The topological polar surface area (TPSA) is 110 Å². The standard InChI is InChI=1S/C13H18N2O5S/c1-9-11(15(17)18)6-4-8-13(9)21(19,20)14-10-5-2-3-7-12(10)16/h4,6,8,10,12,14,16H,2-3,5,7H2,1H3. The van der Waals surface area contributed by atoms with E-state index >= 15 is 0 Å². The summed E-state index contributed by atoms with van der Waals surface area (Å²) in [5.41, 5.74) is -0.137. The molecule has 1 aliphatic carbocycles. The van der Waals surface area contributed by atoms with Crippen molar-refractivity contribution in [2.45, 2.75) is 49.6 Å². The molecule has 116 valence electrons. The highest BCUT2D eigenvalue weighted by atomic mass is 32.2. The van der Waals surface area contributed by atoms with E-state index < -0.39 is 27.1 Å². The second-order valence-corrected chi connectivity index (χ2v) is 6.92. The van der Waals surface area contributed by atoms with Gasteiger partial charge < -0.3 is 5.11 Å². The van der Waals surface area contributed by atoms with Crippen LogP contribution in [-0.4, -0.2) is 30.6 Å². The van der Waals surface area contributed by atoms with Crippen molar-refractivity contribution in [2.75, 3.05) is 0 Å². The zero-order chi connectivity index (χ0) is 15.6. The zero-order valence-corrected chi connectivity index (χ0v) is 12.5. The molecule has 21 heavy (non-hydrogen) atoms. The first-order chi connectivity index (χ1) is 9.83. The van der Waals surface area contributed by atoms with Crippen molar-refractivity contribution in [3.05, 3.63) is 33.9 Å². The first kappa shape index (κ1) is 15.9. The lowest BCUT2D eigenvalue weighted by atomic mass is 9.93. The van der Waals surface area contributed by atoms with E-state index in [1.807, 2.05) is 0 Å². The van der Waals surface area contributed by atoms with Gasteiger partial charge in [0.2, 0.25) is 10.0 Å². The van der Waals surface area contributed by atoms with Gasteiger partial charge in [-0.1, -0.05) is 18.9 Å². The van der Waals surface area contributed by atoms with Crippen LogP contribution < -0.4 is 4.72 Å². The molecule has 8 heteroatoms. The molecule has 0 heterocycles. The maximum absolute atomic E-state index is 12.4. The Balaban J connectivity index is 2.31. The van der Waals surface area contributed by atoms with E-state index in [-0.39, 0.29) is 16.1 Å². The molecule has 2 unspecified atom stereocenters. The number of nitro groups is 1. The second-order valence-electron chi connectivity index (χ2n) is 5.24. The van der Waals surface area contributed by atoms with Crippen molar-refractivity contribution in [1.82, 2.24) is 4.72 Å². The van der Waals surface area contributed by atoms with Gasteiger partial charge in [-0.05, 0) is 25.8 Å². The lowest BCUT2D eigenvalue weighted by molar-refractivity contribution is -0.385. The van der Waals surface area contributed by atoms with Crippen molar-refractivity contribution in [3.8, 4) is 0 Å². The molecule has 1 fully saturated rings. The van der Waals surface area contributed by atoms with Gasteiger partial charge >= 0.3 is 0 Å². The minimum absolute atomic E-state index is 0.0975. The maximum atomic E-state index is 12.4. The number of hydrogen-bond donors (Lipinski definition) is 2. The molecule has 1 saturated carbocycles. The van der Waals surface area contributed by atoms with Gasteiger partial charge in [-0.15, -0.1) is 0 Å². The predicted molar refractivity (Wildman–Crippen MR) is 76.4 cm³/mol. The quantitative estimate of drug-likeness (QED) is 0.646. The molecule has 1 aromatic carbocycles. The second kappa shape index (κ2) is 6.08. The molecule has 0 aromatic heterocycles. The lowest BCUT2D eigenvalue weighted by Crippen LogP contribution is -2.45. The molecule has 1 aliphatic rings. The highest BCUT2D eigenvalue weighted by Crippen LogP contribution is 2.26. The van der Waals surface area contributed by atoms with Gasteiger partial charge in [-0.25, -0.2) is 13.1 Å². The van der Waals surface area contributed by atoms with Gasteiger partial charge in [0.15, 0.2) is 0 Å². The summed E-state index contributed by atoms with van der Waals surface area (Å²) in [4.78, 5) is 10.2. The molecule has 1 aromatic rings. The van der Waals surface area contributed by atoms with Gasteiger partial charge in [0.1, 0.15) is 0 Å². The molecule has 2 rings (SSSR count). The Hall–Kier alpha value is -1.51. The summed E-state index contributed by atoms with van der Waals surface area (Å²) in [7, 11) is -3.89. The Labute approximate surface area is 123 Å². The highest BCUT2D eigenvalue weighted by Gasteiger charge is 2.30. The Morgan fingerprint density at radius 1 is 1.33 bits per heavy atom. The Kier molecular flexibility index (Phi) is 4.60. The minimum Gasteiger partial charge on any atom is -0.391 e. The third-order valence-electron chi connectivity index (χ3n) is 3.78. The molecule has 0 radical (unpaired) electrons. The lowest BCUT2D eigenvalue weighted by Gasteiger charge is -2.28. The number of hydrogen-bond acceptors (Lipinski definition) is 5. The number of nitrogens with one attached hydrogen (secondary N) is 1. The molecule has 0 amide bonds. The van der Waals surface area contributed by atoms with Crippen LogP contribution >= 0.6 is 0 Å². The van der Waals surface area contributed by atoms with Crippen LogP contribution in [0.4, 0.5) is 5.69 Å². The third-order valence-corrected chi connectivity index (χ3v) is 5.41. The average Bonchev–Trinajstić information content (AvgIpc) is 2.41. The average molecular weight is 314 g/mol. The third kappa shape index (κ3) is 3.39. The molecular weight excluding hydrogens is 296 g/mol. The van der Waals surface area contributed by atoms with E-state index in [9.17, 15) is 23.6 Å². The zero-order valence-electron chi connectivity index (χ0n) is 11.7. The van der Waals surface area contributed by atoms with Crippen LogP contribution in [0.15, 0.2) is 23.1 Å². The van der Waals surface area contributed by atoms with Gasteiger partial charge in [0.05, 0.1) is 15.9 Å². The summed E-state index contributed by atoms with van der Waals surface area (Å²) in [5, 5.41) is 20.7. The predicted octanol–water partition coefficient (Wildman–Crippen LogP) is 1.49. The normalized spacial score (nSPS) is 23.0. The summed E-state index contributed by atoms with van der Waals surface area (Å²) >= 11 is 0. The minimum atomic E-state index is -3.89. The highest BCUT2D eigenvalue weighted by molar-refractivity contribution is 7.89. The van der Waals surface area contributed by atoms with Crippen LogP contribution in [0.2, 0.25) is 0 Å². The van der Waals surface area contributed by atoms with E-state index in [1.54, 1.807) is 0 Å². The largest absolute Gasteiger partial charge is 0.391 e.